The van der Waals surface area contributed by atoms with E-state index in [4.69, 9.17) is 4.74 Å². The van der Waals surface area contributed by atoms with E-state index in [1.54, 1.807) is 6.92 Å². The summed E-state index contributed by atoms with van der Waals surface area (Å²) in [5, 5.41) is 0. The van der Waals surface area contributed by atoms with Gasteiger partial charge in [0, 0.05) is 10.0 Å². The van der Waals surface area contributed by atoms with Crippen LogP contribution in [0.3, 0.4) is 0 Å². The number of halogens is 2. The Bertz CT molecular complexity index is 371. The van der Waals surface area contributed by atoms with Gasteiger partial charge in [-0.25, -0.2) is 4.79 Å². The van der Waals surface area contributed by atoms with E-state index in [0.29, 0.717) is 5.57 Å². The van der Waals surface area contributed by atoms with E-state index in [9.17, 15) is 4.79 Å². The highest BCUT2D eigenvalue weighted by atomic mass is 79.9. The number of rotatable bonds is 3. The largest absolute Gasteiger partial charge is 0.457 e. The average Bonchev–Trinajstić information content (AvgIpc) is 2.40. The molecule has 0 atom stereocenters. The minimum Gasteiger partial charge on any atom is -0.457 e. The van der Waals surface area contributed by atoms with Gasteiger partial charge in [0.15, 0.2) is 0 Å². The Hall–Kier alpha value is -0.130. The van der Waals surface area contributed by atoms with Crippen LogP contribution in [0.4, 0.5) is 0 Å². The first-order valence-corrected chi connectivity index (χ1v) is 6.17. The molecule has 0 N–H and O–H groups in total. The molecule has 0 aliphatic rings. The Morgan fingerprint density at radius 3 is 2.71 bits per heavy atom. The molecule has 0 bridgehead atoms. The minimum absolute atomic E-state index is 0.280. The first-order chi connectivity index (χ1) is 6.50. The minimum atomic E-state index is -0.360. The van der Waals surface area contributed by atoms with E-state index < -0.39 is 0 Å². The molecule has 0 aliphatic carbocycles. The van der Waals surface area contributed by atoms with Crippen molar-refractivity contribution in [3.8, 4) is 0 Å². The molecule has 2 nitrogen and oxygen atoms in total. The standard InChI is InChI=1S/C9H8Br2O2S/c1-5(2)9(12)13-4-7-6(10)3-8(11)14-7/h3H,1,4H2,2H3. The second kappa shape index (κ2) is 5.09. The summed E-state index contributed by atoms with van der Waals surface area (Å²) >= 11 is 8.25. The fourth-order valence-electron chi connectivity index (χ4n) is 0.729. The van der Waals surface area contributed by atoms with E-state index in [2.05, 4.69) is 38.4 Å². The maximum absolute atomic E-state index is 11.1. The van der Waals surface area contributed by atoms with Gasteiger partial charge in [0.05, 0.1) is 8.66 Å². The van der Waals surface area contributed by atoms with Gasteiger partial charge < -0.3 is 4.74 Å². The number of carbonyl (C=O) groups excluding carboxylic acids is 1. The highest BCUT2D eigenvalue weighted by molar-refractivity contribution is 9.11. The van der Waals surface area contributed by atoms with Gasteiger partial charge in [-0.05, 0) is 44.8 Å². The second-order valence-corrected chi connectivity index (χ2v) is 6.05. The van der Waals surface area contributed by atoms with Gasteiger partial charge in [-0.2, -0.15) is 0 Å². The van der Waals surface area contributed by atoms with Crippen molar-refractivity contribution in [2.75, 3.05) is 0 Å². The third kappa shape index (κ3) is 3.22. The molecule has 5 heteroatoms. The zero-order chi connectivity index (χ0) is 10.7. The van der Waals surface area contributed by atoms with Gasteiger partial charge >= 0.3 is 5.97 Å². The predicted molar refractivity (Wildman–Crippen MR) is 64.3 cm³/mol. The molecule has 1 aromatic rings. The summed E-state index contributed by atoms with van der Waals surface area (Å²) in [6, 6.07) is 1.93. The Kier molecular flexibility index (Phi) is 4.34. The molecule has 1 aromatic heterocycles. The lowest BCUT2D eigenvalue weighted by atomic mass is 10.4. The summed E-state index contributed by atoms with van der Waals surface area (Å²) in [4.78, 5) is 12.1. The van der Waals surface area contributed by atoms with Crippen molar-refractivity contribution in [2.24, 2.45) is 0 Å². The monoisotopic (exact) mass is 338 g/mol. The first kappa shape index (κ1) is 11.9. The Balaban J connectivity index is 2.58. The summed E-state index contributed by atoms with van der Waals surface area (Å²) in [5.74, 6) is -0.360. The summed E-state index contributed by atoms with van der Waals surface area (Å²) in [7, 11) is 0. The lowest BCUT2D eigenvalue weighted by Gasteiger charge is -2.02. The van der Waals surface area contributed by atoms with Crippen LogP contribution in [0.25, 0.3) is 0 Å². The Morgan fingerprint density at radius 2 is 2.29 bits per heavy atom. The smallest absolute Gasteiger partial charge is 0.333 e. The van der Waals surface area contributed by atoms with Gasteiger partial charge in [-0.3, -0.25) is 0 Å². The van der Waals surface area contributed by atoms with Crippen LogP contribution in [0, 0.1) is 0 Å². The van der Waals surface area contributed by atoms with Crippen LogP contribution in [-0.2, 0) is 16.1 Å². The number of thiophene rings is 1. The Labute approximate surface area is 103 Å². The van der Waals surface area contributed by atoms with Crippen LogP contribution >= 0.6 is 43.2 Å². The van der Waals surface area contributed by atoms with Crippen molar-refractivity contribution in [3.63, 3.8) is 0 Å². The lowest BCUT2D eigenvalue weighted by Crippen LogP contribution is -2.04. The van der Waals surface area contributed by atoms with Crippen molar-refractivity contribution in [2.45, 2.75) is 13.5 Å². The quantitative estimate of drug-likeness (QED) is 0.616. The molecule has 0 fully saturated rings. The fraction of sp³-hybridized carbons (Fsp3) is 0.222. The second-order valence-electron chi connectivity index (χ2n) is 2.68. The lowest BCUT2D eigenvalue weighted by molar-refractivity contribution is -0.140. The van der Waals surface area contributed by atoms with Gasteiger partial charge in [-0.1, -0.05) is 6.58 Å². The van der Waals surface area contributed by atoms with Gasteiger partial charge in [0.1, 0.15) is 6.61 Å². The topological polar surface area (TPSA) is 26.3 Å². The maximum atomic E-state index is 11.1. The number of carbonyl (C=O) groups is 1. The summed E-state index contributed by atoms with van der Waals surface area (Å²) in [5.41, 5.74) is 0.414. The van der Waals surface area contributed by atoms with E-state index in [1.807, 2.05) is 6.07 Å². The molecule has 0 radical (unpaired) electrons. The molecule has 0 unspecified atom stereocenters. The molecular weight excluding hydrogens is 332 g/mol. The van der Waals surface area contributed by atoms with Crippen molar-refractivity contribution in [1.82, 2.24) is 0 Å². The van der Waals surface area contributed by atoms with Crippen LogP contribution in [0.1, 0.15) is 11.8 Å². The van der Waals surface area contributed by atoms with Crippen molar-refractivity contribution < 1.29 is 9.53 Å². The van der Waals surface area contributed by atoms with Crippen LogP contribution in [0.2, 0.25) is 0 Å². The molecule has 0 aliphatic heterocycles. The Morgan fingerprint density at radius 1 is 1.64 bits per heavy atom. The molecule has 0 saturated carbocycles. The summed E-state index contributed by atoms with van der Waals surface area (Å²) in [6.07, 6.45) is 0. The van der Waals surface area contributed by atoms with Gasteiger partial charge in [-0.15, -0.1) is 11.3 Å². The molecule has 0 amide bonds. The zero-order valence-electron chi connectivity index (χ0n) is 7.47. The van der Waals surface area contributed by atoms with E-state index in [1.165, 1.54) is 11.3 Å². The molecular formula is C9H8Br2O2S. The average molecular weight is 340 g/mol. The number of ether oxygens (including phenoxy) is 1. The maximum Gasteiger partial charge on any atom is 0.333 e. The van der Waals surface area contributed by atoms with Crippen molar-refractivity contribution >= 4 is 49.2 Å². The van der Waals surface area contributed by atoms with E-state index in [-0.39, 0.29) is 12.6 Å². The fourth-order valence-corrected chi connectivity index (χ4v) is 3.28. The third-order valence-electron chi connectivity index (χ3n) is 1.41. The highest BCUT2D eigenvalue weighted by Gasteiger charge is 2.08. The van der Waals surface area contributed by atoms with E-state index in [0.717, 1.165) is 13.1 Å². The van der Waals surface area contributed by atoms with Crippen LogP contribution in [-0.4, -0.2) is 5.97 Å². The van der Waals surface area contributed by atoms with E-state index >= 15 is 0 Å². The highest BCUT2D eigenvalue weighted by Crippen LogP contribution is 2.31. The zero-order valence-corrected chi connectivity index (χ0v) is 11.5. The molecule has 1 heterocycles. The summed E-state index contributed by atoms with van der Waals surface area (Å²) < 4.78 is 6.96. The number of hydrogen-bond acceptors (Lipinski definition) is 3. The third-order valence-corrected chi connectivity index (χ3v) is 3.99. The SMILES string of the molecule is C=C(C)C(=O)OCc1sc(Br)cc1Br. The number of hydrogen-bond donors (Lipinski definition) is 0. The molecule has 1 rings (SSSR count). The van der Waals surface area contributed by atoms with Crippen LogP contribution < -0.4 is 0 Å². The van der Waals surface area contributed by atoms with Crippen molar-refractivity contribution in [3.05, 3.63) is 31.4 Å². The predicted octanol–water partition coefficient (Wildman–Crippen LogP) is 3.89. The first-order valence-electron chi connectivity index (χ1n) is 3.77. The molecule has 14 heavy (non-hydrogen) atoms. The molecule has 0 aromatic carbocycles. The molecule has 76 valence electrons. The van der Waals surface area contributed by atoms with Crippen LogP contribution in [0.5, 0.6) is 0 Å². The van der Waals surface area contributed by atoms with Crippen LogP contribution in [0.15, 0.2) is 26.5 Å². The van der Waals surface area contributed by atoms with Gasteiger partial charge in [0.25, 0.3) is 0 Å². The normalized spacial score (nSPS) is 9.93. The number of esters is 1. The molecule has 0 saturated heterocycles. The van der Waals surface area contributed by atoms with Gasteiger partial charge in [0.2, 0.25) is 0 Å². The summed E-state index contributed by atoms with van der Waals surface area (Å²) in [6.45, 7) is 5.41. The molecule has 0 spiro atoms. The van der Waals surface area contributed by atoms with Crippen molar-refractivity contribution in [1.29, 1.82) is 0 Å².